The monoisotopic (exact) mass is 299 g/mol. The lowest BCUT2D eigenvalue weighted by Gasteiger charge is -2.29. The molecule has 4 nitrogen and oxygen atoms in total. The fourth-order valence-corrected chi connectivity index (χ4v) is 2.28. The molecule has 0 spiro atoms. The van der Waals surface area contributed by atoms with Gasteiger partial charge in [0.25, 0.3) is 5.91 Å². The summed E-state index contributed by atoms with van der Waals surface area (Å²) in [6.07, 6.45) is 1.54. The molecule has 1 atom stereocenters. The highest BCUT2D eigenvalue weighted by Crippen LogP contribution is 2.28. The minimum atomic E-state index is -0.300. The summed E-state index contributed by atoms with van der Waals surface area (Å²) < 4.78 is 10.4. The number of amides is 1. The topological polar surface area (TPSA) is 47.6 Å². The molecular weight excluding hydrogens is 278 g/mol. The van der Waals surface area contributed by atoms with Gasteiger partial charge in [-0.05, 0) is 38.0 Å². The maximum atomic E-state index is 12.3. The average Bonchev–Trinajstić information content (AvgIpc) is 2.46. The molecule has 0 heterocycles. The quantitative estimate of drug-likeness (QED) is 0.786. The first kappa shape index (κ1) is 16.6. The Morgan fingerprint density at radius 1 is 1.30 bits per heavy atom. The van der Waals surface area contributed by atoms with Crippen LogP contribution in [-0.4, -0.2) is 31.5 Å². The lowest BCUT2D eigenvalue weighted by Crippen LogP contribution is -2.45. The highest BCUT2D eigenvalue weighted by molar-refractivity contribution is 6.17. The third kappa shape index (κ3) is 4.04. The molecule has 1 amide bonds. The summed E-state index contributed by atoms with van der Waals surface area (Å²) in [7, 11) is 3.11. The molecule has 5 heteroatoms. The number of nitrogens with one attached hydrogen (secondary N) is 1. The first-order valence-electron chi connectivity index (χ1n) is 6.60. The van der Waals surface area contributed by atoms with E-state index in [-0.39, 0.29) is 11.4 Å². The lowest BCUT2D eigenvalue weighted by molar-refractivity contribution is 0.0901. The van der Waals surface area contributed by atoms with Gasteiger partial charge in [0.2, 0.25) is 0 Å². The van der Waals surface area contributed by atoms with E-state index >= 15 is 0 Å². The fraction of sp³-hybridized carbons (Fsp3) is 0.533. The number of carbonyl (C=O) groups excluding carboxylic acids is 1. The Bertz CT molecular complexity index is 464. The largest absolute Gasteiger partial charge is 0.493 e. The van der Waals surface area contributed by atoms with E-state index in [1.165, 1.54) is 0 Å². The van der Waals surface area contributed by atoms with E-state index in [9.17, 15) is 4.79 Å². The van der Waals surface area contributed by atoms with Crippen LogP contribution in [0.2, 0.25) is 0 Å². The number of hydrogen-bond acceptors (Lipinski definition) is 3. The molecule has 0 aliphatic heterocycles. The van der Waals surface area contributed by atoms with Gasteiger partial charge in [-0.25, -0.2) is 0 Å². The number of carbonyl (C=O) groups is 1. The Morgan fingerprint density at radius 3 is 2.45 bits per heavy atom. The molecule has 0 aliphatic carbocycles. The third-order valence-corrected chi connectivity index (χ3v) is 3.68. The van der Waals surface area contributed by atoms with E-state index in [0.29, 0.717) is 22.9 Å². The zero-order valence-electron chi connectivity index (χ0n) is 12.5. The maximum absolute atomic E-state index is 12.3. The van der Waals surface area contributed by atoms with E-state index in [2.05, 4.69) is 5.32 Å². The third-order valence-electron chi connectivity index (χ3n) is 3.49. The Morgan fingerprint density at radius 2 is 1.95 bits per heavy atom. The van der Waals surface area contributed by atoms with Crippen molar-refractivity contribution in [2.24, 2.45) is 0 Å². The number of methoxy groups -OCH3 is 2. The minimum absolute atomic E-state index is 0.139. The fourth-order valence-electron chi connectivity index (χ4n) is 1.86. The van der Waals surface area contributed by atoms with Gasteiger partial charge in [0.05, 0.1) is 14.2 Å². The molecular formula is C15H22ClNO3. The van der Waals surface area contributed by atoms with Crippen LogP contribution < -0.4 is 14.8 Å². The van der Waals surface area contributed by atoms with Gasteiger partial charge in [-0.3, -0.25) is 4.79 Å². The van der Waals surface area contributed by atoms with Crippen LogP contribution in [0.1, 0.15) is 37.0 Å². The summed E-state index contributed by atoms with van der Waals surface area (Å²) in [6.45, 7) is 4.02. The van der Waals surface area contributed by atoms with Crippen LogP contribution in [0.5, 0.6) is 11.5 Å². The zero-order valence-corrected chi connectivity index (χ0v) is 13.2. The van der Waals surface area contributed by atoms with Gasteiger partial charge in [0.15, 0.2) is 11.5 Å². The standard InChI is InChI=1S/C15H22ClNO3/c1-5-15(2,8-9-16)17-14(18)11-6-7-12(19-3)13(10-11)20-4/h6-7,10H,5,8-9H2,1-4H3,(H,17,18). The van der Waals surface area contributed by atoms with E-state index in [1.54, 1.807) is 32.4 Å². The second kappa shape index (κ2) is 7.39. The van der Waals surface area contributed by atoms with Gasteiger partial charge < -0.3 is 14.8 Å². The van der Waals surface area contributed by atoms with Crippen LogP contribution in [-0.2, 0) is 0 Å². The Balaban J connectivity index is 2.92. The Hall–Kier alpha value is -1.42. The highest BCUT2D eigenvalue weighted by Gasteiger charge is 2.24. The predicted molar refractivity (Wildman–Crippen MR) is 81.0 cm³/mol. The smallest absolute Gasteiger partial charge is 0.251 e. The van der Waals surface area contributed by atoms with Crippen molar-refractivity contribution in [3.05, 3.63) is 23.8 Å². The highest BCUT2D eigenvalue weighted by atomic mass is 35.5. The molecule has 1 aromatic carbocycles. The van der Waals surface area contributed by atoms with Gasteiger partial charge >= 0.3 is 0 Å². The molecule has 0 aromatic heterocycles. The number of halogens is 1. The molecule has 0 bridgehead atoms. The number of rotatable bonds is 7. The number of ether oxygens (including phenoxy) is 2. The number of alkyl halides is 1. The van der Waals surface area contributed by atoms with Crippen LogP contribution in [0.25, 0.3) is 0 Å². The minimum Gasteiger partial charge on any atom is -0.493 e. The summed E-state index contributed by atoms with van der Waals surface area (Å²) >= 11 is 5.79. The van der Waals surface area contributed by atoms with Crippen LogP contribution in [0.15, 0.2) is 18.2 Å². The van der Waals surface area contributed by atoms with Crippen LogP contribution in [0.4, 0.5) is 0 Å². The summed E-state index contributed by atoms with van der Waals surface area (Å²) in [6, 6.07) is 5.11. The van der Waals surface area contributed by atoms with E-state index < -0.39 is 0 Å². The normalized spacial score (nSPS) is 13.4. The van der Waals surface area contributed by atoms with Gasteiger partial charge in [-0.15, -0.1) is 11.6 Å². The molecule has 1 N–H and O–H groups in total. The first-order chi connectivity index (χ1) is 9.49. The lowest BCUT2D eigenvalue weighted by atomic mass is 9.95. The van der Waals surface area contributed by atoms with Crippen molar-refractivity contribution in [3.63, 3.8) is 0 Å². The second-order valence-electron chi connectivity index (χ2n) is 4.88. The Labute approximate surface area is 125 Å². The van der Waals surface area contributed by atoms with Gasteiger partial charge in [0, 0.05) is 17.0 Å². The van der Waals surface area contributed by atoms with Gasteiger partial charge in [-0.1, -0.05) is 6.92 Å². The summed E-state index contributed by atoms with van der Waals surface area (Å²) in [5.74, 6) is 1.51. The van der Waals surface area contributed by atoms with Crippen molar-refractivity contribution in [1.29, 1.82) is 0 Å². The van der Waals surface area contributed by atoms with Crippen molar-refractivity contribution in [3.8, 4) is 11.5 Å². The summed E-state index contributed by atoms with van der Waals surface area (Å²) in [5.41, 5.74) is 0.239. The first-order valence-corrected chi connectivity index (χ1v) is 7.13. The molecule has 0 fully saturated rings. The number of benzene rings is 1. The molecule has 20 heavy (non-hydrogen) atoms. The average molecular weight is 300 g/mol. The molecule has 0 saturated carbocycles. The van der Waals surface area contributed by atoms with Crippen LogP contribution in [0.3, 0.4) is 0 Å². The van der Waals surface area contributed by atoms with Gasteiger partial charge in [0.1, 0.15) is 0 Å². The predicted octanol–water partition coefficient (Wildman–Crippen LogP) is 3.23. The maximum Gasteiger partial charge on any atom is 0.251 e. The Kier molecular flexibility index (Phi) is 6.14. The molecule has 0 radical (unpaired) electrons. The van der Waals surface area contributed by atoms with Crippen molar-refractivity contribution in [1.82, 2.24) is 5.32 Å². The molecule has 1 unspecified atom stereocenters. The van der Waals surface area contributed by atoms with Crippen LogP contribution >= 0.6 is 11.6 Å². The van der Waals surface area contributed by atoms with E-state index in [1.807, 2.05) is 13.8 Å². The van der Waals surface area contributed by atoms with Crippen molar-refractivity contribution in [2.45, 2.75) is 32.2 Å². The van der Waals surface area contributed by atoms with Crippen molar-refractivity contribution in [2.75, 3.05) is 20.1 Å². The van der Waals surface area contributed by atoms with Crippen molar-refractivity contribution >= 4 is 17.5 Å². The summed E-state index contributed by atoms with van der Waals surface area (Å²) in [5, 5.41) is 3.03. The van der Waals surface area contributed by atoms with E-state index in [0.717, 1.165) is 12.8 Å². The molecule has 0 saturated heterocycles. The SMILES string of the molecule is CCC(C)(CCCl)NC(=O)c1ccc(OC)c(OC)c1. The molecule has 1 rings (SSSR count). The molecule has 0 aliphatic rings. The van der Waals surface area contributed by atoms with E-state index in [4.69, 9.17) is 21.1 Å². The van der Waals surface area contributed by atoms with Crippen LogP contribution in [0, 0.1) is 0 Å². The molecule has 1 aromatic rings. The summed E-state index contributed by atoms with van der Waals surface area (Å²) in [4.78, 5) is 12.3. The van der Waals surface area contributed by atoms with Gasteiger partial charge in [-0.2, -0.15) is 0 Å². The molecule has 112 valence electrons. The second-order valence-corrected chi connectivity index (χ2v) is 5.26. The zero-order chi connectivity index (χ0) is 15.2. The number of hydrogen-bond donors (Lipinski definition) is 1. The van der Waals surface area contributed by atoms with Crippen molar-refractivity contribution < 1.29 is 14.3 Å².